The van der Waals surface area contributed by atoms with Crippen LogP contribution in [0.4, 0.5) is 24.7 Å². The minimum absolute atomic E-state index is 0.00803. The van der Waals surface area contributed by atoms with E-state index in [1.807, 2.05) is 36.5 Å². The molecule has 5 nitrogen and oxygen atoms in total. The largest absolute Gasteiger partial charge is 0.457 e. The minimum Gasteiger partial charge on any atom is -0.457 e. The first-order valence-electron chi connectivity index (χ1n) is 8.52. The van der Waals surface area contributed by atoms with Crippen LogP contribution in [0.25, 0.3) is 10.9 Å². The number of anilines is 2. The van der Waals surface area contributed by atoms with E-state index in [9.17, 15) is 18.4 Å². The zero-order chi connectivity index (χ0) is 20.4. The van der Waals surface area contributed by atoms with Crippen molar-refractivity contribution in [1.82, 2.24) is 9.97 Å². The summed E-state index contributed by atoms with van der Waals surface area (Å²) in [5, 5.41) is 13.4. The van der Waals surface area contributed by atoms with Gasteiger partial charge >= 0.3 is 6.18 Å². The Balaban J connectivity index is 1.62. The summed E-state index contributed by atoms with van der Waals surface area (Å²) < 4.78 is 44.3. The maximum absolute atomic E-state index is 12.9. The summed E-state index contributed by atoms with van der Waals surface area (Å²) in [6.07, 6.45) is -2.65. The second kappa shape index (κ2) is 7.20. The Morgan fingerprint density at radius 3 is 2.66 bits per heavy atom. The fourth-order valence-electron chi connectivity index (χ4n) is 2.83. The number of rotatable bonds is 4. The second-order valence-corrected chi connectivity index (χ2v) is 6.22. The fourth-order valence-corrected chi connectivity index (χ4v) is 2.83. The molecule has 0 saturated heterocycles. The van der Waals surface area contributed by atoms with Crippen molar-refractivity contribution in [1.29, 1.82) is 5.26 Å². The maximum atomic E-state index is 12.9. The highest BCUT2D eigenvalue weighted by Crippen LogP contribution is 2.33. The van der Waals surface area contributed by atoms with Gasteiger partial charge in [0, 0.05) is 29.5 Å². The van der Waals surface area contributed by atoms with Gasteiger partial charge in [-0.25, -0.2) is 4.98 Å². The lowest BCUT2D eigenvalue weighted by Crippen LogP contribution is -2.04. The number of halogens is 3. The number of nitriles is 1. The molecular formula is C21H13F3N4O. The van der Waals surface area contributed by atoms with Gasteiger partial charge in [-0.2, -0.15) is 18.4 Å². The molecule has 4 rings (SSSR count). The molecule has 0 aliphatic heterocycles. The number of alkyl halides is 3. The molecule has 0 aliphatic rings. The van der Waals surface area contributed by atoms with E-state index < -0.39 is 11.7 Å². The number of pyridine rings is 1. The van der Waals surface area contributed by atoms with Crippen LogP contribution in [0.15, 0.2) is 66.9 Å². The van der Waals surface area contributed by atoms with Crippen LogP contribution in [-0.4, -0.2) is 9.97 Å². The lowest BCUT2D eigenvalue weighted by Gasteiger charge is -2.12. The van der Waals surface area contributed by atoms with Gasteiger partial charge in [0.15, 0.2) is 0 Å². The number of hydrogen-bond donors (Lipinski definition) is 2. The monoisotopic (exact) mass is 394 g/mol. The van der Waals surface area contributed by atoms with Crippen molar-refractivity contribution in [3.63, 3.8) is 0 Å². The molecule has 4 aromatic rings. The van der Waals surface area contributed by atoms with Crippen LogP contribution in [0.2, 0.25) is 0 Å². The molecule has 0 saturated carbocycles. The number of aromatic nitrogens is 2. The fraction of sp³-hybridized carbons (Fsp3) is 0.0476. The van der Waals surface area contributed by atoms with E-state index in [-0.39, 0.29) is 17.2 Å². The van der Waals surface area contributed by atoms with E-state index in [1.54, 1.807) is 0 Å². The zero-order valence-corrected chi connectivity index (χ0v) is 14.8. The Kier molecular flexibility index (Phi) is 4.56. The van der Waals surface area contributed by atoms with Gasteiger partial charge in [-0.05, 0) is 41.8 Å². The number of nitrogens with one attached hydrogen (secondary N) is 2. The quantitative estimate of drug-likeness (QED) is 0.446. The van der Waals surface area contributed by atoms with Crippen LogP contribution in [0, 0.1) is 11.3 Å². The van der Waals surface area contributed by atoms with Gasteiger partial charge in [-0.3, -0.25) is 0 Å². The number of ether oxygens (including phenoxy) is 1. The van der Waals surface area contributed by atoms with E-state index in [0.29, 0.717) is 5.82 Å². The van der Waals surface area contributed by atoms with Gasteiger partial charge < -0.3 is 15.0 Å². The highest BCUT2D eigenvalue weighted by atomic mass is 19.4. The third kappa shape index (κ3) is 4.14. The molecule has 0 unspecified atom stereocenters. The SMILES string of the molecule is N#Cc1cc(Oc2cccc(C(F)(F)F)c2)cc(Nc2ccc3cc[nH]c3c2)n1. The summed E-state index contributed by atoms with van der Waals surface area (Å²) in [5.41, 5.74) is 0.902. The topological polar surface area (TPSA) is 73.7 Å². The van der Waals surface area contributed by atoms with Gasteiger partial charge in [0.2, 0.25) is 0 Å². The van der Waals surface area contributed by atoms with E-state index in [0.717, 1.165) is 28.7 Å². The normalized spacial score (nSPS) is 11.2. The molecule has 2 aromatic heterocycles. The predicted octanol–water partition coefficient (Wildman–Crippen LogP) is 5.99. The number of benzene rings is 2. The first-order chi connectivity index (χ1) is 13.9. The van der Waals surface area contributed by atoms with Gasteiger partial charge in [0.1, 0.15) is 29.1 Å². The standard InChI is InChI=1S/C21H13F3N4O/c22-21(23,24)14-2-1-3-17(8-14)29-18-9-16(12-25)28-20(11-18)27-15-5-4-13-6-7-26-19(13)10-15/h1-11,26H,(H,27,28). The lowest BCUT2D eigenvalue weighted by molar-refractivity contribution is -0.137. The molecule has 8 heteroatoms. The van der Waals surface area contributed by atoms with Crippen molar-refractivity contribution >= 4 is 22.4 Å². The summed E-state index contributed by atoms with van der Waals surface area (Å²) >= 11 is 0. The van der Waals surface area contributed by atoms with Gasteiger partial charge in [-0.15, -0.1) is 0 Å². The molecule has 0 spiro atoms. The molecular weight excluding hydrogens is 381 g/mol. The third-order valence-corrected chi connectivity index (χ3v) is 4.14. The van der Waals surface area contributed by atoms with E-state index in [1.165, 1.54) is 24.3 Å². The summed E-state index contributed by atoms with van der Waals surface area (Å²) in [6.45, 7) is 0. The van der Waals surface area contributed by atoms with Crippen molar-refractivity contribution in [2.24, 2.45) is 0 Å². The first kappa shape index (κ1) is 18.4. The van der Waals surface area contributed by atoms with Crippen molar-refractivity contribution in [3.05, 3.63) is 78.1 Å². The molecule has 0 atom stereocenters. The Labute approximate surface area is 163 Å². The van der Waals surface area contributed by atoms with E-state index in [2.05, 4.69) is 15.3 Å². The Morgan fingerprint density at radius 1 is 1.00 bits per heavy atom. The number of hydrogen-bond acceptors (Lipinski definition) is 4. The summed E-state index contributed by atoms with van der Waals surface area (Å²) in [5.74, 6) is 0.532. The number of nitrogens with zero attached hydrogens (tertiary/aromatic N) is 2. The summed E-state index contributed by atoms with van der Waals surface area (Å²) in [7, 11) is 0. The first-order valence-corrected chi connectivity index (χ1v) is 8.52. The lowest BCUT2D eigenvalue weighted by atomic mass is 10.2. The van der Waals surface area contributed by atoms with Crippen molar-refractivity contribution < 1.29 is 17.9 Å². The average Bonchev–Trinajstić information content (AvgIpc) is 3.15. The molecule has 0 bridgehead atoms. The molecule has 144 valence electrons. The van der Waals surface area contributed by atoms with Crippen LogP contribution >= 0.6 is 0 Å². The number of fused-ring (bicyclic) bond motifs is 1. The van der Waals surface area contributed by atoms with Crippen LogP contribution in [0.5, 0.6) is 11.5 Å². The maximum Gasteiger partial charge on any atom is 0.416 e. The van der Waals surface area contributed by atoms with Crippen molar-refractivity contribution in [2.45, 2.75) is 6.18 Å². The van der Waals surface area contributed by atoms with E-state index in [4.69, 9.17) is 4.74 Å². The average molecular weight is 394 g/mol. The number of H-pyrrole nitrogens is 1. The molecule has 2 N–H and O–H groups in total. The van der Waals surface area contributed by atoms with Crippen molar-refractivity contribution in [2.75, 3.05) is 5.32 Å². The van der Waals surface area contributed by atoms with Crippen molar-refractivity contribution in [3.8, 4) is 17.6 Å². The highest BCUT2D eigenvalue weighted by Gasteiger charge is 2.30. The minimum atomic E-state index is -4.47. The molecule has 2 aromatic carbocycles. The smallest absolute Gasteiger partial charge is 0.416 e. The van der Waals surface area contributed by atoms with E-state index >= 15 is 0 Å². The molecule has 29 heavy (non-hydrogen) atoms. The molecule has 2 heterocycles. The van der Waals surface area contributed by atoms with Gasteiger partial charge in [-0.1, -0.05) is 12.1 Å². The second-order valence-electron chi connectivity index (χ2n) is 6.22. The summed E-state index contributed by atoms with van der Waals surface area (Å²) in [4.78, 5) is 7.27. The van der Waals surface area contributed by atoms with Gasteiger partial charge in [0.05, 0.1) is 5.56 Å². The zero-order valence-electron chi connectivity index (χ0n) is 14.8. The summed E-state index contributed by atoms with van der Waals surface area (Å²) in [6, 6.07) is 16.9. The van der Waals surface area contributed by atoms with Crippen LogP contribution in [0.3, 0.4) is 0 Å². The van der Waals surface area contributed by atoms with Crippen LogP contribution in [0.1, 0.15) is 11.3 Å². The predicted molar refractivity (Wildman–Crippen MR) is 102 cm³/mol. The molecule has 0 radical (unpaired) electrons. The number of aromatic amines is 1. The Bertz CT molecular complexity index is 1220. The molecule has 0 aliphatic carbocycles. The Hall–Kier alpha value is -3.99. The third-order valence-electron chi connectivity index (χ3n) is 4.14. The van der Waals surface area contributed by atoms with Crippen LogP contribution in [-0.2, 0) is 6.18 Å². The van der Waals surface area contributed by atoms with Crippen LogP contribution < -0.4 is 10.1 Å². The molecule has 0 fully saturated rings. The van der Waals surface area contributed by atoms with Gasteiger partial charge in [0.25, 0.3) is 0 Å². The Morgan fingerprint density at radius 2 is 1.86 bits per heavy atom. The highest BCUT2D eigenvalue weighted by molar-refractivity contribution is 5.83. The molecule has 0 amide bonds.